The number of benzene rings is 2. The van der Waals surface area contributed by atoms with Gasteiger partial charge in [-0.2, -0.15) is 0 Å². The van der Waals surface area contributed by atoms with Crippen LogP contribution in [0.15, 0.2) is 65.7 Å². The lowest BCUT2D eigenvalue weighted by atomic mass is 9.88. The maximum atomic E-state index is 14.6. The molecular weight excluding hydrogens is 859 g/mol. The van der Waals surface area contributed by atoms with Crippen molar-refractivity contribution in [3.63, 3.8) is 0 Å². The Balaban J connectivity index is 1.55. The van der Waals surface area contributed by atoms with E-state index < -0.39 is 76.7 Å². The summed E-state index contributed by atoms with van der Waals surface area (Å²) < 4.78 is 17.0. The summed E-state index contributed by atoms with van der Waals surface area (Å²) in [5.41, 5.74) is -0.491. The van der Waals surface area contributed by atoms with Crippen LogP contribution in [-0.2, 0) is 51.0 Å². The number of hydrogen-bond donors (Lipinski definition) is 5. The van der Waals surface area contributed by atoms with Gasteiger partial charge in [-0.25, -0.2) is 9.59 Å². The summed E-state index contributed by atoms with van der Waals surface area (Å²) in [7, 11) is 0. The molecule has 1 aliphatic heterocycles. The number of guanidine groups is 1. The molecule has 1 heterocycles. The van der Waals surface area contributed by atoms with Crippen molar-refractivity contribution in [1.29, 1.82) is 0 Å². The van der Waals surface area contributed by atoms with E-state index in [1.807, 2.05) is 81.4 Å². The number of ketones is 1. The number of rotatable bonds is 18. The van der Waals surface area contributed by atoms with E-state index in [0.29, 0.717) is 25.7 Å². The Hall–Kier alpha value is -5.84. The minimum atomic E-state index is -1.35. The minimum absolute atomic E-state index is 0.0624. The second kappa shape index (κ2) is 24.3. The number of hydrogen-bond acceptors (Lipinski definition) is 10. The van der Waals surface area contributed by atoms with Gasteiger partial charge in [-0.15, -0.1) is 4.99 Å². The van der Waals surface area contributed by atoms with E-state index in [9.17, 15) is 33.6 Å². The van der Waals surface area contributed by atoms with Gasteiger partial charge in [-0.1, -0.05) is 60.7 Å². The number of likely N-dealkylation sites (tertiary alicyclic amines) is 1. The fourth-order valence-electron chi connectivity index (χ4n) is 7.46. The Labute approximate surface area is 395 Å². The van der Waals surface area contributed by atoms with Crippen molar-refractivity contribution in [2.45, 2.75) is 174 Å². The summed E-state index contributed by atoms with van der Waals surface area (Å²) in [6.45, 7) is 17.8. The number of piperidine rings is 1. The Bertz CT molecular complexity index is 2030. The van der Waals surface area contributed by atoms with Gasteiger partial charge in [0.05, 0.1) is 17.7 Å². The van der Waals surface area contributed by atoms with Crippen LogP contribution in [0.1, 0.15) is 125 Å². The van der Waals surface area contributed by atoms with E-state index in [0.717, 1.165) is 24.0 Å². The number of carbonyl (C=O) groups excluding carboxylic acids is 7. The molecule has 0 unspecified atom stereocenters. The number of nitrogens with one attached hydrogen (secondary N) is 5. The number of Topliss-reactive ketones (excluding diaryl/α,β-unsaturated/α-hetero) is 1. The van der Waals surface area contributed by atoms with Crippen LogP contribution in [0.4, 0.5) is 9.59 Å². The number of ether oxygens (including phenoxy) is 3. The third-order valence-electron chi connectivity index (χ3n) is 10.7. The zero-order chi connectivity index (χ0) is 49.5. The predicted molar refractivity (Wildman–Crippen MR) is 254 cm³/mol. The van der Waals surface area contributed by atoms with Crippen molar-refractivity contribution < 1.29 is 47.8 Å². The van der Waals surface area contributed by atoms with Crippen LogP contribution >= 0.6 is 0 Å². The smallest absolute Gasteiger partial charge is 0.437 e. The standard InChI is InChI=1S/C50H73N7O10/c1-32(65-48(2,3)4)40(54-42(60)37(25-21-33-17-13-11-14-18-33)52-39(58)26-22-34-19-15-12-16-20-34)43(61)53-38(41(59)44(62)51-36-23-24-36)31-35-27-29-57(30-28-35)45(55-46(63)66-49(5,6)7)56-47(64)67-50(8,9)10/h11-20,32,35-38,40H,21-31H2,1-10H3,(H,51,62)(H,52,58)(H,53,61)(H,54,60)(H,55,56,63,64)/t32-,37+,38+,40+/m1/s1. The molecule has 5 N–H and O–H groups in total. The molecule has 17 nitrogen and oxygen atoms in total. The highest BCUT2D eigenvalue weighted by atomic mass is 16.6. The quantitative estimate of drug-likeness (QED) is 0.0696. The van der Waals surface area contributed by atoms with Crippen LogP contribution in [0.5, 0.6) is 0 Å². The zero-order valence-electron chi connectivity index (χ0n) is 41.0. The van der Waals surface area contributed by atoms with Crippen LogP contribution < -0.4 is 26.6 Å². The number of alkyl carbamates (subject to hydrolysis) is 1. The Kier molecular flexibility index (Phi) is 19.5. The van der Waals surface area contributed by atoms with Crippen LogP contribution in [0.3, 0.4) is 0 Å². The largest absolute Gasteiger partial charge is 0.444 e. The molecule has 2 aliphatic rings. The Morgan fingerprint density at radius 3 is 1.79 bits per heavy atom. The lowest BCUT2D eigenvalue weighted by Crippen LogP contribution is -2.61. The molecular formula is C50H73N7O10. The molecule has 368 valence electrons. The fourth-order valence-corrected chi connectivity index (χ4v) is 7.46. The van der Waals surface area contributed by atoms with Crippen molar-refractivity contribution >= 4 is 47.6 Å². The molecule has 2 aromatic carbocycles. The van der Waals surface area contributed by atoms with Crippen LogP contribution in [0.2, 0.25) is 0 Å². The maximum absolute atomic E-state index is 14.6. The summed E-state index contributed by atoms with van der Waals surface area (Å²) in [4.78, 5) is 101. The van der Waals surface area contributed by atoms with Crippen LogP contribution in [0.25, 0.3) is 0 Å². The number of aliphatic imine (C=N–C) groups is 1. The normalized spacial score (nSPS) is 16.6. The first-order valence-corrected chi connectivity index (χ1v) is 23.4. The maximum Gasteiger partial charge on any atom is 0.437 e. The van der Waals surface area contributed by atoms with E-state index in [4.69, 9.17) is 14.2 Å². The van der Waals surface area contributed by atoms with Gasteiger partial charge in [0.25, 0.3) is 5.91 Å². The molecule has 1 saturated heterocycles. The lowest BCUT2D eigenvalue weighted by Gasteiger charge is -2.36. The van der Waals surface area contributed by atoms with E-state index >= 15 is 0 Å². The summed E-state index contributed by atoms with van der Waals surface area (Å²) in [6, 6.07) is 15.3. The Morgan fingerprint density at radius 2 is 1.25 bits per heavy atom. The second-order valence-electron chi connectivity index (χ2n) is 20.4. The number of amides is 6. The first-order valence-electron chi connectivity index (χ1n) is 23.4. The molecule has 2 fully saturated rings. The molecule has 4 atom stereocenters. The molecule has 0 radical (unpaired) electrons. The van der Waals surface area contributed by atoms with Gasteiger partial charge in [-0.3, -0.25) is 29.3 Å². The Morgan fingerprint density at radius 1 is 0.687 bits per heavy atom. The monoisotopic (exact) mass is 932 g/mol. The number of aryl methyl sites for hydroxylation is 2. The molecule has 4 rings (SSSR count). The molecule has 17 heteroatoms. The van der Waals surface area contributed by atoms with Gasteiger partial charge in [0, 0.05) is 25.6 Å². The molecule has 6 amide bonds. The van der Waals surface area contributed by atoms with Crippen molar-refractivity contribution in [3.05, 3.63) is 71.8 Å². The van der Waals surface area contributed by atoms with Crippen LogP contribution in [0, 0.1) is 5.92 Å². The molecule has 67 heavy (non-hydrogen) atoms. The fraction of sp³-hybridized carbons (Fsp3) is 0.600. The van der Waals surface area contributed by atoms with Crippen molar-refractivity contribution in [3.8, 4) is 0 Å². The third-order valence-corrected chi connectivity index (χ3v) is 10.7. The molecule has 0 bridgehead atoms. The average molecular weight is 932 g/mol. The molecule has 0 aromatic heterocycles. The summed E-state index contributed by atoms with van der Waals surface area (Å²) in [5.74, 6) is -3.62. The highest BCUT2D eigenvalue weighted by molar-refractivity contribution is 6.38. The van der Waals surface area contributed by atoms with Gasteiger partial charge in [0.2, 0.25) is 29.5 Å². The molecule has 1 aliphatic carbocycles. The van der Waals surface area contributed by atoms with Gasteiger partial charge >= 0.3 is 12.2 Å². The van der Waals surface area contributed by atoms with E-state index in [1.165, 1.54) is 0 Å². The van der Waals surface area contributed by atoms with E-state index in [2.05, 4.69) is 31.6 Å². The predicted octanol–water partition coefficient (Wildman–Crippen LogP) is 5.68. The van der Waals surface area contributed by atoms with Crippen molar-refractivity contribution in [2.24, 2.45) is 10.9 Å². The lowest BCUT2D eigenvalue weighted by molar-refractivity contribution is -0.143. The highest BCUT2D eigenvalue weighted by Crippen LogP contribution is 2.25. The molecule has 1 saturated carbocycles. The molecule has 0 spiro atoms. The highest BCUT2D eigenvalue weighted by Gasteiger charge is 2.39. The summed E-state index contributed by atoms with van der Waals surface area (Å²) >= 11 is 0. The third kappa shape index (κ3) is 20.3. The number of carbonyl (C=O) groups is 7. The second-order valence-corrected chi connectivity index (χ2v) is 20.4. The van der Waals surface area contributed by atoms with E-state index in [1.54, 1.807) is 53.4 Å². The summed E-state index contributed by atoms with van der Waals surface area (Å²) in [6.07, 6.45) is 1.03. The zero-order valence-corrected chi connectivity index (χ0v) is 41.0. The van der Waals surface area contributed by atoms with Gasteiger partial charge in [-0.05, 0) is 138 Å². The van der Waals surface area contributed by atoms with Crippen LogP contribution in [-0.4, -0.2) is 113 Å². The molecule has 2 aromatic rings. The van der Waals surface area contributed by atoms with Gasteiger partial charge < -0.3 is 40.4 Å². The van der Waals surface area contributed by atoms with Crippen molar-refractivity contribution in [1.82, 2.24) is 31.5 Å². The van der Waals surface area contributed by atoms with Gasteiger partial charge in [0.1, 0.15) is 23.3 Å². The van der Waals surface area contributed by atoms with E-state index in [-0.39, 0.29) is 56.2 Å². The first kappa shape index (κ1) is 53.8. The first-order chi connectivity index (χ1) is 31.3. The topological polar surface area (TPSA) is 223 Å². The summed E-state index contributed by atoms with van der Waals surface area (Å²) in [5, 5.41) is 13.9. The van der Waals surface area contributed by atoms with Gasteiger partial charge in [0.15, 0.2) is 0 Å². The SMILES string of the molecule is C[C@@H](OC(C)(C)C)[C@H](NC(=O)[C@H](CCc1ccccc1)NC(=O)CCc1ccccc1)C(=O)N[C@@H](CC1CCN(/C(=N/C(=O)OC(C)(C)C)NC(=O)OC(C)(C)C)CC1)C(=O)C(=O)NC1CC1. The minimum Gasteiger partial charge on any atom is -0.444 e. The van der Waals surface area contributed by atoms with Crippen molar-refractivity contribution in [2.75, 3.05) is 13.1 Å². The number of nitrogens with zero attached hydrogens (tertiary/aromatic N) is 2. The average Bonchev–Trinajstić information content (AvgIpc) is 4.05.